The van der Waals surface area contributed by atoms with E-state index in [2.05, 4.69) is 19.2 Å². The summed E-state index contributed by atoms with van der Waals surface area (Å²) in [6, 6.07) is 10.1. The highest BCUT2D eigenvalue weighted by Crippen LogP contribution is 2.53. The molecule has 21 heavy (non-hydrogen) atoms. The zero-order valence-electron chi connectivity index (χ0n) is 13.5. The summed E-state index contributed by atoms with van der Waals surface area (Å²) in [6.07, 6.45) is 0.754. The van der Waals surface area contributed by atoms with Crippen molar-refractivity contribution in [3.8, 4) is 0 Å². The van der Waals surface area contributed by atoms with Crippen molar-refractivity contribution < 1.29 is 13.6 Å². The number of hydrogen-bond acceptors (Lipinski definition) is 4. The van der Waals surface area contributed by atoms with Crippen LogP contribution >= 0.6 is 7.60 Å². The fourth-order valence-electron chi connectivity index (χ4n) is 2.18. The molecule has 0 aliphatic carbocycles. The van der Waals surface area contributed by atoms with Gasteiger partial charge in [0.2, 0.25) is 0 Å². The molecule has 1 aromatic rings. The lowest BCUT2D eigenvalue weighted by atomic mass is 10.1. The monoisotopic (exact) mass is 313 g/mol. The van der Waals surface area contributed by atoms with E-state index >= 15 is 0 Å². The van der Waals surface area contributed by atoms with E-state index in [9.17, 15) is 4.57 Å². The average Bonchev–Trinajstić information content (AvgIpc) is 2.44. The molecule has 4 nitrogen and oxygen atoms in total. The Morgan fingerprint density at radius 3 is 2.14 bits per heavy atom. The first-order valence-corrected chi connectivity index (χ1v) is 9.29. The van der Waals surface area contributed by atoms with Gasteiger partial charge in [-0.25, -0.2) is 0 Å². The number of benzene rings is 1. The van der Waals surface area contributed by atoms with Gasteiger partial charge in [-0.15, -0.1) is 0 Å². The standard InChI is InChI=1S/C16H28NO3P/c1-5-19-21(18,20-6-2)16(12-14(3)4)17-13-15-10-8-7-9-11-15/h7-11,14,16-17H,5-6,12-13H2,1-4H3. The van der Waals surface area contributed by atoms with Crippen molar-refractivity contribution in [2.75, 3.05) is 13.2 Å². The summed E-state index contributed by atoms with van der Waals surface area (Å²) in [5.74, 6) is 0.130. The van der Waals surface area contributed by atoms with Crippen molar-refractivity contribution in [1.82, 2.24) is 5.32 Å². The summed E-state index contributed by atoms with van der Waals surface area (Å²) >= 11 is 0. The van der Waals surface area contributed by atoms with Crippen LogP contribution in [0.15, 0.2) is 30.3 Å². The van der Waals surface area contributed by atoms with Crippen LogP contribution in [0.2, 0.25) is 0 Å². The fraction of sp³-hybridized carbons (Fsp3) is 0.625. The van der Waals surface area contributed by atoms with Gasteiger partial charge in [0.25, 0.3) is 0 Å². The van der Waals surface area contributed by atoms with Gasteiger partial charge in [-0.1, -0.05) is 44.2 Å². The van der Waals surface area contributed by atoms with Crippen molar-refractivity contribution in [3.63, 3.8) is 0 Å². The van der Waals surface area contributed by atoms with E-state index in [1.807, 2.05) is 44.2 Å². The van der Waals surface area contributed by atoms with Crippen LogP contribution < -0.4 is 5.32 Å². The molecule has 0 aromatic heterocycles. The molecular weight excluding hydrogens is 285 g/mol. The van der Waals surface area contributed by atoms with Gasteiger partial charge in [0.15, 0.2) is 0 Å². The van der Waals surface area contributed by atoms with Crippen molar-refractivity contribution in [3.05, 3.63) is 35.9 Å². The summed E-state index contributed by atoms with van der Waals surface area (Å²) in [4.78, 5) is 0. The van der Waals surface area contributed by atoms with E-state index in [0.717, 1.165) is 12.0 Å². The Bertz CT molecular complexity index is 426. The van der Waals surface area contributed by atoms with Crippen molar-refractivity contribution in [2.24, 2.45) is 5.92 Å². The quantitative estimate of drug-likeness (QED) is 0.650. The van der Waals surface area contributed by atoms with E-state index < -0.39 is 7.60 Å². The topological polar surface area (TPSA) is 47.6 Å². The Morgan fingerprint density at radius 1 is 1.10 bits per heavy atom. The summed E-state index contributed by atoms with van der Waals surface area (Å²) in [7, 11) is -3.13. The predicted octanol–water partition coefficient (Wildman–Crippen LogP) is 4.41. The van der Waals surface area contributed by atoms with Gasteiger partial charge in [0.1, 0.15) is 5.78 Å². The Hall–Kier alpha value is -0.670. The third-order valence-corrected chi connectivity index (χ3v) is 5.47. The normalized spacial score (nSPS) is 13.6. The van der Waals surface area contributed by atoms with Crippen LogP contribution in [0.1, 0.15) is 39.7 Å². The average molecular weight is 313 g/mol. The van der Waals surface area contributed by atoms with Crippen LogP contribution in [0, 0.1) is 5.92 Å². The van der Waals surface area contributed by atoms with E-state index in [1.54, 1.807) is 0 Å². The molecule has 0 bridgehead atoms. The lowest BCUT2D eigenvalue weighted by Crippen LogP contribution is -2.31. The van der Waals surface area contributed by atoms with Crippen LogP contribution in [0.25, 0.3) is 0 Å². The van der Waals surface area contributed by atoms with Gasteiger partial charge in [-0.3, -0.25) is 9.88 Å². The maximum Gasteiger partial charge on any atom is 0.347 e. The maximum atomic E-state index is 13.0. The largest absolute Gasteiger partial charge is 0.347 e. The highest BCUT2D eigenvalue weighted by molar-refractivity contribution is 7.54. The van der Waals surface area contributed by atoms with Crippen molar-refractivity contribution >= 4 is 7.60 Å². The summed E-state index contributed by atoms with van der Waals surface area (Å²) in [6.45, 7) is 9.34. The summed E-state index contributed by atoms with van der Waals surface area (Å²) in [5.41, 5.74) is 1.16. The van der Waals surface area contributed by atoms with Crippen molar-refractivity contribution in [1.29, 1.82) is 0 Å². The molecule has 0 fully saturated rings. The molecule has 1 aromatic carbocycles. The second-order valence-corrected chi connectivity index (χ2v) is 7.61. The molecule has 0 aliphatic rings. The van der Waals surface area contributed by atoms with Crippen LogP contribution in [-0.2, 0) is 20.2 Å². The molecule has 120 valence electrons. The first-order valence-electron chi connectivity index (χ1n) is 7.68. The van der Waals surface area contributed by atoms with Crippen LogP contribution in [0.4, 0.5) is 0 Å². The lowest BCUT2D eigenvalue weighted by Gasteiger charge is -2.28. The van der Waals surface area contributed by atoms with Gasteiger partial charge in [-0.05, 0) is 31.7 Å². The minimum Gasteiger partial charge on any atom is -0.308 e. The molecule has 0 amide bonds. The summed E-state index contributed by atoms with van der Waals surface area (Å²) in [5, 5.41) is 3.36. The van der Waals surface area contributed by atoms with Gasteiger partial charge >= 0.3 is 7.60 Å². The Morgan fingerprint density at radius 2 is 1.67 bits per heavy atom. The minimum atomic E-state index is -3.13. The third-order valence-electron chi connectivity index (χ3n) is 3.08. The minimum absolute atomic E-state index is 0.280. The lowest BCUT2D eigenvalue weighted by molar-refractivity contribution is 0.203. The Kier molecular flexibility index (Phi) is 8.20. The SMILES string of the molecule is CCOP(=O)(OCC)C(CC(C)C)NCc1ccccc1. The number of hydrogen-bond donors (Lipinski definition) is 1. The van der Waals surface area contributed by atoms with E-state index in [0.29, 0.717) is 25.7 Å². The molecule has 1 atom stereocenters. The van der Waals surface area contributed by atoms with Crippen molar-refractivity contribution in [2.45, 2.75) is 46.4 Å². The van der Waals surface area contributed by atoms with E-state index in [1.165, 1.54) is 0 Å². The molecule has 5 heteroatoms. The fourth-order valence-corrected chi connectivity index (χ4v) is 4.33. The zero-order valence-corrected chi connectivity index (χ0v) is 14.4. The van der Waals surface area contributed by atoms with Gasteiger partial charge in [0, 0.05) is 6.54 Å². The number of nitrogens with one attached hydrogen (secondary N) is 1. The highest BCUT2D eigenvalue weighted by Gasteiger charge is 2.35. The van der Waals surface area contributed by atoms with Crippen LogP contribution in [-0.4, -0.2) is 19.0 Å². The first-order chi connectivity index (χ1) is 10.0. The third kappa shape index (κ3) is 6.31. The Labute approximate surface area is 128 Å². The summed E-state index contributed by atoms with van der Waals surface area (Å²) < 4.78 is 23.9. The van der Waals surface area contributed by atoms with Gasteiger partial charge < -0.3 is 9.05 Å². The van der Waals surface area contributed by atoms with Gasteiger partial charge in [-0.2, -0.15) is 0 Å². The molecule has 0 saturated carbocycles. The number of rotatable bonds is 10. The smallest absolute Gasteiger partial charge is 0.308 e. The second kappa shape index (κ2) is 9.37. The molecule has 0 heterocycles. The van der Waals surface area contributed by atoms with Crippen LogP contribution in [0.3, 0.4) is 0 Å². The molecular formula is C16H28NO3P. The first kappa shape index (κ1) is 18.4. The molecule has 0 saturated heterocycles. The molecule has 0 spiro atoms. The predicted molar refractivity (Wildman–Crippen MR) is 87.4 cm³/mol. The highest BCUT2D eigenvalue weighted by atomic mass is 31.2. The van der Waals surface area contributed by atoms with Crippen LogP contribution in [0.5, 0.6) is 0 Å². The maximum absolute atomic E-state index is 13.0. The van der Waals surface area contributed by atoms with E-state index in [4.69, 9.17) is 9.05 Å². The zero-order chi connectivity index (χ0) is 15.7. The molecule has 0 radical (unpaired) electrons. The Balaban J connectivity index is 2.80. The molecule has 1 N–H and O–H groups in total. The second-order valence-electron chi connectivity index (χ2n) is 5.39. The molecule has 1 rings (SSSR count). The molecule has 1 unspecified atom stereocenters. The van der Waals surface area contributed by atoms with Gasteiger partial charge in [0.05, 0.1) is 13.2 Å². The molecule has 0 aliphatic heterocycles. The van der Waals surface area contributed by atoms with E-state index in [-0.39, 0.29) is 5.78 Å².